The van der Waals surface area contributed by atoms with Crippen molar-refractivity contribution in [2.75, 3.05) is 40.4 Å². The number of guanidine groups is 1. The molecule has 0 radical (unpaired) electrons. The van der Waals surface area contributed by atoms with Crippen LogP contribution >= 0.6 is 39.9 Å². The average Bonchev–Trinajstić information content (AvgIpc) is 3.15. The monoisotopic (exact) mass is 566 g/mol. The molecule has 1 aromatic carbocycles. The van der Waals surface area contributed by atoms with Gasteiger partial charge in [-0.1, -0.05) is 34.8 Å². The van der Waals surface area contributed by atoms with Gasteiger partial charge < -0.3 is 20.7 Å². The highest BCUT2D eigenvalue weighted by Crippen LogP contribution is 2.40. The third kappa shape index (κ3) is 8.24. The number of benzene rings is 1. The van der Waals surface area contributed by atoms with Crippen molar-refractivity contribution in [1.82, 2.24) is 16.0 Å². The summed E-state index contributed by atoms with van der Waals surface area (Å²) in [5.41, 5.74) is 0.955. The predicted octanol–water partition coefficient (Wildman–Crippen LogP) is 3.56. The maximum Gasteiger partial charge on any atom is 0.251 e. The second-order valence-electron chi connectivity index (χ2n) is 7.07. The van der Waals surface area contributed by atoms with Gasteiger partial charge in [-0.15, -0.1) is 24.0 Å². The molecule has 0 atom stereocenters. The summed E-state index contributed by atoms with van der Waals surface area (Å²) >= 11 is 3.38. The van der Waals surface area contributed by atoms with Crippen LogP contribution in [0.5, 0.6) is 0 Å². The Hall–Kier alpha value is -0.870. The van der Waals surface area contributed by atoms with Gasteiger partial charge in [0.15, 0.2) is 5.96 Å². The fourth-order valence-electron chi connectivity index (χ4n) is 3.54. The Morgan fingerprint density at radius 1 is 1.21 bits per heavy atom. The summed E-state index contributed by atoms with van der Waals surface area (Å²) in [4.78, 5) is 16.4. The second kappa shape index (κ2) is 13.4. The molecule has 1 fully saturated rings. The van der Waals surface area contributed by atoms with Crippen molar-refractivity contribution in [3.05, 3.63) is 34.3 Å². The Morgan fingerprint density at radius 2 is 1.93 bits per heavy atom. The van der Waals surface area contributed by atoms with E-state index >= 15 is 0 Å². The van der Waals surface area contributed by atoms with Crippen LogP contribution in [0, 0.1) is 5.41 Å². The van der Waals surface area contributed by atoms with E-state index in [1.807, 2.05) is 18.2 Å². The van der Waals surface area contributed by atoms with Gasteiger partial charge in [-0.2, -0.15) is 0 Å². The molecular weight excluding hydrogens is 535 g/mol. The maximum atomic E-state index is 12.1. The molecule has 0 bridgehead atoms. The van der Waals surface area contributed by atoms with Crippen LogP contribution in [0.15, 0.2) is 33.7 Å². The van der Waals surface area contributed by atoms with E-state index in [-0.39, 0.29) is 29.9 Å². The molecule has 6 nitrogen and oxygen atoms in total. The first kappa shape index (κ1) is 25.2. The zero-order valence-corrected chi connectivity index (χ0v) is 20.6. The lowest BCUT2D eigenvalue weighted by molar-refractivity contribution is 0.0954. The third-order valence-corrected chi connectivity index (χ3v) is 5.64. The van der Waals surface area contributed by atoms with Crippen molar-refractivity contribution in [1.29, 1.82) is 0 Å². The smallest absolute Gasteiger partial charge is 0.251 e. The minimum Gasteiger partial charge on any atom is -0.385 e. The molecule has 0 spiro atoms. The summed E-state index contributed by atoms with van der Waals surface area (Å²) in [6, 6.07) is 7.36. The largest absolute Gasteiger partial charge is 0.385 e. The van der Waals surface area contributed by atoms with Gasteiger partial charge in [0.25, 0.3) is 5.91 Å². The van der Waals surface area contributed by atoms with Gasteiger partial charge in [-0.05, 0) is 42.9 Å². The van der Waals surface area contributed by atoms with Crippen LogP contribution in [-0.4, -0.2) is 52.3 Å². The van der Waals surface area contributed by atoms with Gasteiger partial charge in [-0.3, -0.25) is 9.79 Å². The van der Waals surface area contributed by atoms with Crippen LogP contribution < -0.4 is 16.0 Å². The van der Waals surface area contributed by atoms with E-state index in [2.05, 4.69) is 36.9 Å². The van der Waals surface area contributed by atoms with Crippen molar-refractivity contribution < 1.29 is 9.53 Å². The second-order valence-corrected chi connectivity index (χ2v) is 7.98. The molecule has 0 heterocycles. The molecular formula is C20H32BrIN4O2. The van der Waals surface area contributed by atoms with Crippen molar-refractivity contribution in [2.24, 2.45) is 10.4 Å². The number of carbonyl (C=O) groups excluding carboxylic acids is 1. The minimum absolute atomic E-state index is 0. The molecule has 0 aliphatic heterocycles. The van der Waals surface area contributed by atoms with E-state index in [0.29, 0.717) is 24.1 Å². The van der Waals surface area contributed by atoms with E-state index in [9.17, 15) is 4.79 Å². The Kier molecular flexibility index (Phi) is 12.0. The van der Waals surface area contributed by atoms with Gasteiger partial charge >= 0.3 is 0 Å². The van der Waals surface area contributed by atoms with Crippen LogP contribution in [0.1, 0.15) is 42.5 Å². The number of halogens is 2. The van der Waals surface area contributed by atoms with Gasteiger partial charge in [0, 0.05) is 50.4 Å². The Morgan fingerprint density at radius 3 is 2.57 bits per heavy atom. The normalized spacial score (nSPS) is 15.6. The Labute approximate surface area is 193 Å². The summed E-state index contributed by atoms with van der Waals surface area (Å²) < 4.78 is 6.19. The summed E-state index contributed by atoms with van der Waals surface area (Å²) in [5, 5.41) is 9.64. The number of methoxy groups -OCH3 is 1. The standard InChI is InChI=1S/C20H31BrN4O2.HI/c1-22-19(25-15-20(10-13-27-2)8-3-4-9-20)24-12-11-23-18(26)16-6-5-7-17(21)14-16;/h5-7,14H,3-4,8-13,15H2,1-2H3,(H,23,26)(H2,22,24,25);1H. The first-order valence-electron chi connectivity index (χ1n) is 9.56. The maximum absolute atomic E-state index is 12.1. The van der Waals surface area contributed by atoms with Gasteiger partial charge in [-0.25, -0.2) is 0 Å². The lowest BCUT2D eigenvalue weighted by atomic mass is 9.83. The zero-order chi connectivity index (χ0) is 19.5. The van der Waals surface area contributed by atoms with E-state index in [0.717, 1.165) is 30.0 Å². The number of hydrogen-bond donors (Lipinski definition) is 3. The summed E-state index contributed by atoms with van der Waals surface area (Å²) in [7, 11) is 3.53. The lowest BCUT2D eigenvalue weighted by Crippen LogP contribution is -2.45. The third-order valence-electron chi connectivity index (χ3n) is 5.14. The number of nitrogens with zero attached hydrogens (tertiary/aromatic N) is 1. The molecule has 0 saturated heterocycles. The number of aliphatic imine (C=N–C) groups is 1. The molecule has 1 aliphatic rings. The molecule has 2 rings (SSSR count). The number of hydrogen-bond acceptors (Lipinski definition) is 3. The van der Waals surface area contributed by atoms with E-state index in [4.69, 9.17) is 4.74 Å². The molecule has 1 aromatic rings. The molecule has 1 amide bonds. The molecule has 3 N–H and O–H groups in total. The van der Waals surface area contributed by atoms with Crippen LogP contribution in [0.2, 0.25) is 0 Å². The van der Waals surface area contributed by atoms with Crippen LogP contribution in [0.4, 0.5) is 0 Å². The predicted molar refractivity (Wildman–Crippen MR) is 129 cm³/mol. The molecule has 158 valence electrons. The molecule has 1 aliphatic carbocycles. The fraction of sp³-hybridized carbons (Fsp3) is 0.600. The first-order chi connectivity index (χ1) is 13.1. The lowest BCUT2D eigenvalue weighted by Gasteiger charge is -2.30. The van der Waals surface area contributed by atoms with Gasteiger partial charge in [0.05, 0.1) is 0 Å². The van der Waals surface area contributed by atoms with Crippen LogP contribution in [0.25, 0.3) is 0 Å². The van der Waals surface area contributed by atoms with E-state index < -0.39 is 0 Å². The SMILES string of the molecule is CN=C(NCCNC(=O)c1cccc(Br)c1)NCC1(CCOC)CCCC1.I. The highest BCUT2D eigenvalue weighted by Gasteiger charge is 2.33. The molecule has 8 heteroatoms. The summed E-state index contributed by atoms with van der Waals surface area (Å²) in [6.45, 7) is 2.85. The number of ether oxygens (including phenoxy) is 1. The van der Waals surface area contributed by atoms with Crippen LogP contribution in [-0.2, 0) is 4.74 Å². The highest BCUT2D eigenvalue weighted by molar-refractivity contribution is 14.0. The van der Waals surface area contributed by atoms with Gasteiger partial charge in [0.1, 0.15) is 0 Å². The van der Waals surface area contributed by atoms with Crippen molar-refractivity contribution in [2.45, 2.75) is 32.1 Å². The number of rotatable bonds is 9. The molecule has 0 aromatic heterocycles. The summed E-state index contributed by atoms with van der Waals surface area (Å²) in [6.07, 6.45) is 6.14. The van der Waals surface area contributed by atoms with E-state index in [1.165, 1.54) is 25.7 Å². The average molecular weight is 567 g/mol. The van der Waals surface area contributed by atoms with Crippen molar-refractivity contribution >= 4 is 51.8 Å². The fourth-order valence-corrected chi connectivity index (χ4v) is 3.94. The number of carbonyl (C=O) groups is 1. The molecule has 28 heavy (non-hydrogen) atoms. The number of nitrogens with one attached hydrogen (secondary N) is 3. The molecule has 0 unspecified atom stereocenters. The molecule has 1 saturated carbocycles. The van der Waals surface area contributed by atoms with Crippen molar-refractivity contribution in [3.8, 4) is 0 Å². The highest BCUT2D eigenvalue weighted by atomic mass is 127. The number of amides is 1. The Balaban J connectivity index is 0.00000392. The summed E-state index contributed by atoms with van der Waals surface area (Å²) in [5.74, 6) is 0.695. The first-order valence-corrected chi connectivity index (χ1v) is 10.4. The van der Waals surface area contributed by atoms with Gasteiger partial charge in [0.2, 0.25) is 0 Å². The van der Waals surface area contributed by atoms with Crippen molar-refractivity contribution in [3.63, 3.8) is 0 Å². The van der Waals surface area contributed by atoms with E-state index in [1.54, 1.807) is 20.2 Å². The minimum atomic E-state index is -0.0782. The van der Waals surface area contributed by atoms with Crippen LogP contribution in [0.3, 0.4) is 0 Å². The zero-order valence-electron chi connectivity index (χ0n) is 16.7. The Bertz CT molecular complexity index is 636. The quantitative estimate of drug-likeness (QED) is 0.185. The topological polar surface area (TPSA) is 74.8 Å².